The zero-order valence-electron chi connectivity index (χ0n) is 12.9. The number of aliphatic carboxylic acids is 1. The molecule has 1 aliphatic rings. The van der Waals surface area contributed by atoms with Gasteiger partial charge in [0.25, 0.3) is 0 Å². The van der Waals surface area contributed by atoms with Crippen LogP contribution in [0.5, 0.6) is 0 Å². The van der Waals surface area contributed by atoms with Crippen molar-refractivity contribution in [3.05, 3.63) is 11.6 Å². The van der Waals surface area contributed by atoms with Gasteiger partial charge in [0.15, 0.2) is 0 Å². The van der Waals surface area contributed by atoms with Gasteiger partial charge in [-0.15, -0.1) is 0 Å². The highest BCUT2D eigenvalue weighted by Crippen LogP contribution is 2.21. The van der Waals surface area contributed by atoms with E-state index in [4.69, 9.17) is 9.84 Å². The molecule has 116 valence electrons. The number of carboxylic acids is 1. The molecule has 0 fully saturated rings. The Hall–Kier alpha value is -0.830. The zero-order valence-corrected chi connectivity index (χ0v) is 12.9. The van der Waals surface area contributed by atoms with E-state index in [0.717, 1.165) is 19.3 Å². The topological polar surface area (TPSA) is 46.5 Å². The Morgan fingerprint density at radius 1 is 1.15 bits per heavy atom. The molecular weight excluding hydrogens is 252 g/mol. The first-order valence-electron chi connectivity index (χ1n) is 8.30. The molecule has 1 N–H and O–H groups in total. The van der Waals surface area contributed by atoms with Crippen molar-refractivity contribution in [1.82, 2.24) is 0 Å². The van der Waals surface area contributed by atoms with Crippen molar-refractivity contribution < 1.29 is 14.6 Å². The normalized spacial score (nSPS) is 18.9. The summed E-state index contributed by atoms with van der Waals surface area (Å²) in [6, 6.07) is 0. The van der Waals surface area contributed by atoms with E-state index in [1.807, 2.05) is 6.08 Å². The SMILES string of the molecule is CCCCCCCCCCCC1OCCC=C1C(=O)O. The lowest BCUT2D eigenvalue weighted by Gasteiger charge is -2.22. The molecule has 1 rings (SSSR count). The minimum Gasteiger partial charge on any atom is -0.478 e. The molecule has 0 saturated carbocycles. The van der Waals surface area contributed by atoms with Crippen LogP contribution in [0, 0.1) is 0 Å². The maximum Gasteiger partial charge on any atom is 0.333 e. The summed E-state index contributed by atoms with van der Waals surface area (Å²) in [6.45, 7) is 2.91. The van der Waals surface area contributed by atoms with Crippen molar-refractivity contribution in [3.63, 3.8) is 0 Å². The number of rotatable bonds is 11. The first-order valence-corrected chi connectivity index (χ1v) is 8.30. The fraction of sp³-hybridized carbons (Fsp3) is 0.824. The number of hydrogen-bond acceptors (Lipinski definition) is 2. The van der Waals surface area contributed by atoms with Crippen LogP contribution in [0.15, 0.2) is 11.6 Å². The Bertz CT molecular complexity index is 297. The lowest BCUT2D eigenvalue weighted by Crippen LogP contribution is -2.25. The van der Waals surface area contributed by atoms with Crippen LogP contribution in [0.4, 0.5) is 0 Å². The first-order chi connectivity index (χ1) is 9.75. The minimum atomic E-state index is -0.814. The standard InChI is InChI=1S/C17H30O3/c1-2-3-4-5-6-7-8-9-10-13-16-15(17(18)19)12-11-14-20-16/h12,16H,2-11,13-14H2,1H3,(H,18,19). The average Bonchev–Trinajstić information content (AvgIpc) is 2.46. The summed E-state index contributed by atoms with van der Waals surface area (Å²) in [4.78, 5) is 11.1. The van der Waals surface area contributed by atoms with Crippen molar-refractivity contribution in [2.24, 2.45) is 0 Å². The van der Waals surface area contributed by atoms with Crippen LogP contribution >= 0.6 is 0 Å². The molecule has 20 heavy (non-hydrogen) atoms. The molecule has 0 aliphatic carbocycles. The van der Waals surface area contributed by atoms with Gasteiger partial charge in [0.05, 0.1) is 18.3 Å². The van der Waals surface area contributed by atoms with Gasteiger partial charge < -0.3 is 9.84 Å². The molecular formula is C17H30O3. The molecule has 1 heterocycles. The second kappa shape index (κ2) is 10.9. The monoisotopic (exact) mass is 282 g/mol. The van der Waals surface area contributed by atoms with E-state index in [1.165, 1.54) is 51.4 Å². The lowest BCUT2D eigenvalue weighted by molar-refractivity contribution is -0.134. The van der Waals surface area contributed by atoms with Gasteiger partial charge in [-0.05, 0) is 12.8 Å². The molecule has 3 heteroatoms. The summed E-state index contributed by atoms with van der Waals surface area (Å²) in [5.41, 5.74) is 0.468. The van der Waals surface area contributed by atoms with Crippen molar-refractivity contribution in [1.29, 1.82) is 0 Å². The quantitative estimate of drug-likeness (QED) is 0.558. The molecule has 0 aromatic carbocycles. The summed E-state index contributed by atoms with van der Waals surface area (Å²) in [5.74, 6) is -0.814. The van der Waals surface area contributed by atoms with Gasteiger partial charge in [0.2, 0.25) is 0 Å². The van der Waals surface area contributed by atoms with Gasteiger partial charge in [0, 0.05) is 0 Å². The highest BCUT2D eigenvalue weighted by Gasteiger charge is 2.23. The van der Waals surface area contributed by atoms with E-state index in [-0.39, 0.29) is 6.10 Å². The van der Waals surface area contributed by atoms with Crippen LogP contribution in [-0.4, -0.2) is 23.8 Å². The fourth-order valence-corrected chi connectivity index (χ4v) is 2.75. The predicted octanol–water partition coefficient (Wildman–Crippen LogP) is 4.71. The van der Waals surface area contributed by atoms with Crippen LogP contribution in [0.2, 0.25) is 0 Å². The fourth-order valence-electron chi connectivity index (χ4n) is 2.75. The van der Waals surface area contributed by atoms with Crippen LogP contribution in [-0.2, 0) is 9.53 Å². The van der Waals surface area contributed by atoms with Crippen LogP contribution in [0.25, 0.3) is 0 Å². The number of unbranched alkanes of at least 4 members (excludes halogenated alkanes) is 8. The van der Waals surface area contributed by atoms with Gasteiger partial charge in [-0.1, -0.05) is 70.8 Å². The van der Waals surface area contributed by atoms with Crippen LogP contribution < -0.4 is 0 Å². The van der Waals surface area contributed by atoms with E-state index in [9.17, 15) is 4.79 Å². The third-order valence-electron chi connectivity index (χ3n) is 3.96. The van der Waals surface area contributed by atoms with Crippen LogP contribution in [0.3, 0.4) is 0 Å². The molecule has 1 atom stereocenters. The summed E-state index contributed by atoms with van der Waals surface area (Å²) < 4.78 is 5.57. The van der Waals surface area contributed by atoms with E-state index < -0.39 is 5.97 Å². The van der Waals surface area contributed by atoms with E-state index >= 15 is 0 Å². The molecule has 1 unspecified atom stereocenters. The Balaban J connectivity index is 2.02. The summed E-state index contributed by atoms with van der Waals surface area (Å²) in [5, 5.41) is 9.10. The molecule has 0 aromatic heterocycles. The van der Waals surface area contributed by atoms with Gasteiger partial charge in [0.1, 0.15) is 0 Å². The molecule has 0 spiro atoms. The maximum absolute atomic E-state index is 11.1. The van der Waals surface area contributed by atoms with Crippen molar-refractivity contribution in [2.75, 3.05) is 6.61 Å². The van der Waals surface area contributed by atoms with E-state index in [2.05, 4.69) is 6.92 Å². The smallest absolute Gasteiger partial charge is 0.333 e. The largest absolute Gasteiger partial charge is 0.478 e. The van der Waals surface area contributed by atoms with Gasteiger partial charge in [-0.3, -0.25) is 0 Å². The van der Waals surface area contributed by atoms with Crippen LogP contribution in [0.1, 0.15) is 77.6 Å². The third kappa shape index (κ3) is 7.09. The highest BCUT2D eigenvalue weighted by atomic mass is 16.5. The van der Waals surface area contributed by atoms with Gasteiger partial charge in [-0.2, -0.15) is 0 Å². The van der Waals surface area contributed by atoms with Gasteiger partial charge >= 0.3 is 5.97 Å². The number of carboxylic acid groups (broad SMARTS) is 1. The molecule has 0 aromatic rings. The lowest BCUT2D eigenvalue weighted by atomic mass is 9.99. The zero-order chi connectivity index (χ0) is 14.6. The minimum absolute atomic E-state index is 0.175. The summed E-state index contributed by atoms with van der Waals surface area (Å²) >= 11 is 0. The third-order valence-corrected chi connectivity index (χ3v) is 3.96. The predicted molar refractivity (Wildman–Crippen MR) is 81.9 cm³/mol. The molecule has 0 saturated heterocycles. The molecule has 0 bridgehead atoms. The molecule has 0 radical (unpaired) electrons. The van der Waals surface area contributed by atoms with Crippen molar-refractivity contribution >= 4 is 5.97 Å². The summed E-state index contributed by atoms with van der Waals surface area (Å²) in [6.07, 6.45) is 14.8. The Morgan fingerprint density at radius 3 is 2.35 bits per heavy atom. The number of hydrogen-bond donors (Lipinski definition) is 1. The summed E-state index contributed by atoms with van der Waals surface area (Å²) in [7, 11) is 0. The van der Waals surface area contributed by atoms with Gasteiger partial charge in [-0.25, -0.2) is 4.79 Å². The highest BCUT2D eigenvalue weighted by molar-refractivity contribution is 5.87. The Labute approximate surface area is 123 Å². The first kappa shape index (κ1) is 17.2. The molecule has 3 nitrogen and oxygen atoms in total. The Morgan fingerprint density at radius 2 is 1.75 bits per heavy atom. The maximum atomic E-state index is 11.1. The van der Waals surface area contributed by atoms with Crippen molar-refractivity contribution in [2.45, 2.75) is 83.7 Å². The second-order valence-electron chi connectivity index (χ2n) is 5.73. The Kier molecular flexibility index (Phi) is 9.38. The van der Waals surface area contributed by atoms with Crippen molar-refractivity contribution in [3.8, 4) is 0 Å². The molecule has 1 aliphatic heterocycles. The molecule has 0 amide bonds. The second-order valence-corrected chi connectivity index (χ2v) is 5.73. The number of carbonyl (C=O) groups is 1. The van der Waals surface area contributed by atoms with E-state index in [0.29, 0.717) is 12.2 Å². The average molecular weight is 282 g/mol. The van der Waals surface area contributed by atoms with E-state index in [1.54, 1.807) is 0 Å². The number of ether oxygens (including phenoxy) is 1.